The molecular formula is C19H16BrClN4O2S. The number of fused-ring (bicyclic) bond motifs is 1. The van der Waals surface area contributed by atoms with Gasteiger partial charge in [0.05, 0.1) is 23.4 Å². The van der Waals surface area contributed by atoms with E-state index in [0.29, 0.717) is 35.7 Å². The van der Waals surface area contributed by atoms with Crippen LogP contribution in [0.1, 0.15) is 5.89 Å². The van der Waals surface area contributed by atoms with E-state index >= 15 is 0 Å². The number of halogens is 2. The Morgan fingerprint density at radius 1 is 1.18 bits per heavy atom. The molecule has 0 saturated heterocycles. The fourth-order valence-electron chi connectivity index (χ4n) is 2.74. The number of benzene rings is 2. The van der Waals surface area contributed by atoms with Gasteiger partial charge in [0.25, 0.3) is 0 Å². The average molecular weight is 480 g/mol. The summed E-state index contributed by atoms with van der Waals surface area (Å²) in [6, 6.07) is 13.5. The third-order valence-electron chi connectivity index (χ3n) is 4.08. The van der Waals surface area contributed by atoms with E-state index < -0.39 is 0 Å². The Bertz CT molecular complexity index is 1100. The van der Waals surface area contributed by atoms with E-state index in [1.807, 2.05) is 42.5 Å². The number of hydrogen-bond acceptors (Lipinski definition) is 6. The van der Waals surface area contributed by atoms with E-state index in [9.17, 15) is 0 Å². The van der Waals surface area contributed by atoms with Crippen LogP contribution in [0.25, 0.3) is 22.5 Å². The minimum Gasteiger partial charge on any atom is -0.420 e. The van der Waals surface area contributed by atoms with Crippen LogP contribution in [0.4, 0.5) is 0 Å². The number of rotatable bonds is 7. The molecule has 2 aromatic carbocycles. The maximum atomic E-state index is 6.11. The molecule has 6 nitrogen and oxygen atoms in total. The molecule has 0 aliphatic heterocycles. The van der Waals surface area contributed by atoms with Gasteiger partial charge in [-0.1, -0.05) is 39.3 Å². The topological polar surface area (TPSA) is 66.0 Å². The number of imidazole rings is 1. The zero-order valence-corrected chi connectivity index (χ0v) is 18.1. The minimum atomic E-state index is 0.503. The van der Waals surface area contributed by atoms with Crippen molar-refractivity contribution in [1.29, 1.82) is 0 Å². The standard InChI is InChI=1S/C19H16BrClN4O2S/c1-26-9-8-25-16-7-6-14(21)10-15(16)22-19(25)28-11-17-23-24-18(27-17)12-2-4-13(20)5-3-12/h2-7,10H,8-9,11H2,1H3. The second-order valence-electron chi connectivity index (χ2n) is 5.97. The summed E-state index contributed by atoms with van der Waals surface area (Å²) in [7, 11) is 1.69. The lowest BCUT2D eigenvalue weighted by Crippen LogP contribution is -2.05. The van der Waals surface area contributed by atoms with E-state index in [1.165, 1.54) is 0 Å². The lowest BCUT2D eigenvalue weighted by atomic mass is 10.2. The van der Waals surface area contributed by atoms with Crippen LogP contribution in [0.5, 0.6) is 0 Å². The van der Waals surface area contributed by atoms with Crippen LogP contribution in [-0.2, 0) is 17.0 Å². The van der Waals surface area contributed by atoms with Crippen LogP contribution >= 0.6 is 39.3 Å². The molecule has 0 N–H and O–H groups in total. The maximum absolute atomic E-state index is 6.11. The van der Waals surface area contributed by atoms with Gasteiger partial charge in [-0.25, -0.2) is 4.98 Å². The summed E-state index contributed by atoms with van der Waals surface area (Å²) >= 11 is 11.1. The SMILES string of the molecule is COCCn1c(SCc2nnc(-c3ccc(Br)cc3)o2)nc2cc(Cl)ccc21. The van der Waals surface area contributed by atoms with Crippen LogP contribution in [0.3, 0.4) is 0 Å². The lowest BCUT2D eigenvalue weighted by Gasteiger charge is -2.07. The van der Waals surface area contributed by atoms with Gasteiger partial charge in [0.2, 0.25) is 11.8 Å². The number of ether oxygens (including phenoxy) is 1. The van der Waals surface area contributed by atoms with Crippen molar-refractivity contribution in [3.05, 3.63) is 57.9 Å². The van der Waals surface area contributed by atoms with Gasteiger partial charge in [-0.05, 0) is 42.5 Å². The third-order valence-corrected chi connectivity index (χ3v) is 5.80. The molecule has 28 heavy (non-hydrogen) atoms. The molecule has 4 rings (SSSR count). The first kappa shape index (κ1) is 19.4. The van der Waals surface area contributed by atoms with Crippen molar-refractivity contribution in [2.24, 2.45) is 0 Å². The molecule has 0 saturated carbocycles. The minimum absolute atomic E-state index is 0.503. The van der Waals surface area contributed by atoms with Gasteiger partial charge >= 0.3 is 0 Å². The molecule has 0 unspecified atom stereocenters. The summed E-state index contributed by atoms with van der Waals surface area (Å²) < 4.78 is 14.2. The third kappa shape index (κ3) is 4.25. The molecule has 2 heterocycles. The van der Waals surface area contributed by atoms with Gasteiger partial charge in [-0.3, -0.25) is 0 Å². The first-order valence-electron chi connectivity index (χ1n) is 8.50. The van der Waals surface area contributed by atoms with E-state index in [-0.39, 0.29) is 0 Å². The van der Waals surface area contributed by atoms with Crippen molar-refractivity contribution < 1.29 is 9.15 Å². The van der Waals surface area contributed by atoms with Crippen LogP contribution < -0.4 is 0 Å². The summed E-state index contributed by atoms with van der Waals surface area (Å²) in [5.41, 5.74) is 2.76. The highest BCUT2D eigenvalue weighted by Gasteiger charge is 2.14. The van der Waals surface area contributed by atoms with Crippen LogP contribution in [0, 0.1) is 0 Å². The summed E-state index contributed by atoms with van der Waals surface area (Å²) in [6.07, 6.45) is 0. The smallest absolute Gasteiger partial charge is 0.247 e. The summed E-state index contributed by atoms with van der Waals surface area (Å²) in [5.74, 6) is 1.57. The Morgan fingerprint density at radius 2 is 2.00 bits per heavy atom. The molecule has 0 aliphatic carbocycles. The number of aromatic nitrogens is 4. The molecule has 0 fully saturated rings. The van der Waals surface area contributed by atoms with Crippen molar-refractivity contribution in [2.75, 3.05) is 13.7 Å². The van der Waals surface area contributed by atoms with Gasteiger partial charge in [-0.15, -0.1) is 10.2 Å². The lowest BCUT2D eigenvalue weighted by molar-refractivity contribution is 0.186. The highest BCUT2D eigenvalue weighted by Crippen LogP contribution is 2.29. The highest BCUT2D eigenvalue weighted by atomic mass is 79.9. The van der Waals surface area contributed by atoms with E-state index in [1.54, 1.807) is 18.9 Å². The predicted molar refractivity (Wildman–Crippen MR) is 114 cm³/mol. The fourth-order valence-corrected chi connectivity index (χ4v) is 4.05. The highest BCUT2D eigenvalue weighted by molar-refractivity contribution is 9.10. The Hall–Kier alpha value is -1.87. The quantitative estimate of drug-likeness (QED) is 0.329. The summed E-state index contributed by atoms with van der Waals surface area (Å²) in [6.45, 7) is 1.29. The number of thioether (sulfide) groups is 1. The molecule has 4 aromatic rings. The van der Waals surface area contributed by atoms with Gasteiger partial charge in [0.15, 0.2) is 5.16 Å². The number of hydrogen-bond donors (Lipinski definition) is 0. The van der Waals surface area contributed by atoms with E-state index in [4.69, 9.17) is 25.7 Å². The van der Waals surface area contributed by atoms with Crippen molar-refractivity contribution in [1.82, 2.24) is 19.7 Å². The van der Waals surface area contributed by atoms with Crippen molar-refractivity contribution in [3.8, 4) is 11.5 Å². The fraction of sp³-hybridized carbons (Fsp3) is 0.211. The molecule has 0 bridgehead atoms. The largest absolute Gasteiger partial charge is 0.420 e. The number of nitrogens with zero attached hydrogens (tertiary/aromatic N) is 4. The van der Waals surface area contributed by atoms with Crippen LogP contribution in [-0.4, -0.2) is 33.5 Å². The average Bonchev–Trinajstić information content (AvgIpc) is 3.29. The first-order chi connectivity index (χ1) is 13.6. The monoisotopic (exact) mass is 478 g/mol. The molecule has 0 amide bonds. The van der Waals surface area contributed by atoms with Crippen molar-refractivity contribution in [2.45, 2.75) is 17.5 Å². The molecule has 0 radical (unpaired) electrons. The summed E-state index contributed by atoms with van der Waals surface area (Å²) in [4.78, 5) is 4.71. The molecule has 0 spiro atoms. The van der Waals surface area contributed by atoms with E-state index in [2.05, 4.69) is 30.7 Å². The second kappa shape index (κ2) is 8.65. The number of methoxy groups -OCH3 is 1. The predicted octanol–water partition coefficient (Wildman–Crippen LogP) is 5.44. The van der Waals surface area contributed by atoms with Crippen molar-refractivity contribution in [3.63, 3.8) is 0 Å². The molecule has 0 aliphatic rings. The Labute approximate surface area is 179 Å². The molecule has 9 heteroatoms. The van der Waals surface area contributed by atoms with Crippen molar-refractivity contribution >= 4 is 50.3 Å². The maximum Gasteiger partial charge on any atom is 0.247 e. The zero-order chi connectivity index (χ0) is 19.5. The molecule has 2 aromatic heterocycles. The normalized spacial score (nSPS) is 11.4. The molecule has 0 atom stereocenters. The van der Waals surface area contributed by atoms with Gasteiger partial charge in [-0.2, -0.15) is 0 Å². The first-order valence-corrected chi connectivity index (χ1v) is 10.7. The van der Waals surface area contributed by atoms with Crippen LogP contribution in [0.15, 0.2) is 56.5 Å². The molecule has 144 valence electrons. The van der Waals surface area contributed by atoms with Crippen LogP contribution in [0.2, 0.25) is 5.02 Å². The Morgan fingerprint density at radius 3 is 2.79 bits per heavy atom. The van der Waals surface area contributed by atoms with E-state index in [0.717, 1.165) is 26.2 Å². The van der Waals surface area contributed by atoms with Gasteiger partial charge < -0.3 is 13.7 Å². The van der Waals surface area contributed by atoms with Gasteiger partial charge in [0.1, 0.15) is 0 Å². The zero-order valence-electron chi connectivity index (χ0n) is 14.9. The summed E-state index contributed by atoms with van der Waals surface area (Å²) in [5, 5.41) is 9.83. The Balaban J connectivity index is 1.54. The second-order valence-corrected chi connectivity index (χ2v) is 8.26. The van der Waals surface area contributed by atoms with Gasteiger partial charge in [0, 0.05) is 28.7 Å². The molecular weight excluding hydrogens is 464 g/mol. The Kier molecular flexibility index (Phi) is 6.01.